The number of methoxy groups -OCH3 is 1. The van der Waals surface area contributed by atoms with Crippen molar-refractivity contribution in [1.82, 2.24) is 9.97 Å². The largest absolute Gasteiger partial charge is 0.496 e. The summed E-state index contributed by atoms with van der Waals surface area (Å²) in [5.41, 5.74) is 11.5. The molecule has 2 saturated carbocycles. The first-order chi connectivity index (χ1) is 31.0. The Morgan fingerprint density at radius 1 is 0.641 bits per heavy atom. The van der Waals surface area contributed by atoms with E-state index < -0.39 is 7.12 Å². The van der Waals surface area contributed by atoms with E-state index in [1.807, 2.05) is 81.8 Å². The summed E-state index contributed by atoms with van der Waals surface area (Å²) < 4.78 is 5.81. The average Bonchev–Trinajstić information content (AvgIpc) is 3.31. The first-order valence-electron chi connectivity index (χ1n) is 23.6. The maximum atomic E-state index is 8.28. The Bertz CT molecular complexity index is 2200. The van der Waals surface area contributed by atoms with Crippen LogP contribution in [-0.4, -0.2) is 45.6 Å². The van der Waals surface area contributed by atoms with Gasteiger partial charge in [0.25, 0.3) is 0 Å². The number of aryl methyl sites for hydroxylation is 1. The van der Waals surface area contributed by atoms with E-state index in [1.165, 1.54) is 92.0 Å². The zero-order chi connectivity index (χ0) is 45.7. The molecule has 0 bridgehead atoms. The Morgan fingerprint density at radius 3 is 1.67 bits per heavy atom. The van der Waals surface area contributed by atoms with Crippen molar-refractivity contribution in [3.05, 3.63) is 156 Å². The molecule has 0 radical (unpaired) electrons. The monoisotopic (exact) mass is 896 g/mol. The Labute approximate surface area is 392 Å². The fraction of sp³-hybridized carbons (Fsp3) is 0.393. The molecule has 0 amide bonds. The van der Waals surface area contributed by atoms with Gasteiger partial charge in [-0.1, -0.05) is 183 Å². The van der Waals surface area contributed by atoms with Crippen LogP contribution < -0.4 is 10.0 Å². The lowest BCUT2D eigenvalue weighted by molar-refractivity contribution is 0.394. The van der Waals surface area contributed by atoms with Crippen LogP contribution >= 0.6 is 19.5 Å². The highest BCUT2D eigenvalue weighted by atomic mass is 35.5. The van der Waals surface area contributed by atoms with Gasteiger partial charge in [-0.25, -0.2) is 0 Å². The van der Waals surface area contributed by atoms with E-state index in [9.17, 15) is 0 Å². The molecule has 2 aliphatic rings. The quantitative estimate of drug-likeness (QED) is 0.100. The van der Waals surface area contributed by atoms with Crippen LogP contribution in [0.4, 0.5) is 0 Å². The molecule has 0 unspecified atom stereocenters. The van der Waals surface area contributed by atoms with Crippen LogP contribution in [0, 0.1) is 18.8 Å². The first-order valence-corrected chi connectivity index (χ1v) is 25.4. The number of benzene rings is 4. The van der Waals surface area contributed by atoms with Crippen molar-refractivity contribution in [1.29, 1.82) is 0 Å². The minimum Gasteiger partial charge on any atom is -0.496 e. The smallest absolute Gasteiger partial charge is 0.451 e. The zero-order valence-electron chi connectivity index (χ0n) is 39.2. The Balaban J connectivity index is 0.000000181. The van der Waals surface area contributed by atoms with Gasteiger partial charge in [0.2, 0.25) is 0 Å². The van der Waals surface area contributed by atoms with Gasteiger partial charge in [-0.05, 0) is 121 Å². The number of nitrogens with zero attached hydrogens (tertiary/aromatic N) is 2. The minimum atomic E-state index is -1.13. The normalized spacial score (nSPS) is 14.1. The number of hydrogen-bond acceptors (Lipinski definition) is 5. The van der Waals surface area contributed by atoms with Crippen molar-refractivity contribution in [2.24, 2.45) is 11.8 Å². The Kier molecular flexibility index (Phi) is 21.6. The van der Waals surface area contributed by atoms with Crippen molar-refractivity contribution < 1.29 is 14.8 Å². The molecule has 8 rings (SSSR count). The van der Waals surface area contributed by atoms with E-state index in [0.717, 1.165) is 40.4 Å². The summed E-state index contributed by atoms with van der Waals surface area (Å²) >= 11 is 5.85. The van der Waals surface area contributed by atoms with Gasteiger partial charge in [-0.15, -0.1) is 0 Å². The molecule has 5 nitrogen and oxygen atoms in total. The van der Waals surface area contributed by atoms with Crippen molar-refractivity contribution in [3.8, 4) is 39.4 Å². The van der Waals surface area contributed by atoms with Crippen molar-refractivity contribution in [3.63, 3.8) is 0 Å². The molecule has 2 fully saturated rings. The maximum absolute atomic E-state index is 8.28. The molecule has 2 aromatic heterocycles. The molecule has 2 heterocycles. The molecular formula is C56H71BClN2O3P. The molecule has 4 aromatic carbocycles. The standard InChI is InChI=1S/C26H35OP.C15H17N.C11H8ClN.C4H11BO2/c1-20-12-11-18-24(27-2)26(20)23-17-9-10-19-25(23)28(21-13-5-3-6-14-21)22-15-7-4-8-16-22;1-12(2)10-13-8-9-16-15(11-13)14-6-4-3-5-7-14;12-10-6-7-13-11(8-10)9-4-2-1-3-5-9;1-4(2)3-5(6)7/h9-12,17-19,21-22H,3-8,13-16H2,1-2H3;3-9,11-12H,10H2,1-2H3;1-8H;4,6-7H,3H2,1-2H3. The van der Waals surface area contributed by atoms with Gasteiger partial charge in [0.15, 0.2) is 0 Å². The molecule has 8 heteroatoms. The van der Waals surface area contributed by atoms with E-state index in [2.05, 4.69) is 97.5 Å². The second-order valence-corrected chi connectivity index (χ2v) is 21.2. The van der Waals surface area contributed by atoms with E-state index >= 15 is 0 Å². The highest BCUT2D eigenvalue weighted by molar-refractivity contribution is 7.67. The molecule has 0 spiro atoms. The predicted molar refractivity (Wildman–Crippen MR) is 276 cm³/mol. The number of aromatic nitrogens is 2. The van der Waals surface area contributed by atoms with Crippen LogP contribution in [0.3, 0.4) is 0 Å². The van der Waals surface area contributed by atoms with E-state index in [-0.39, 0.29) is 7.92 Å². The number of pyridine rings is 2. The predicted octanol–water partition coefficient (Wildman–Crippen LogP) is 14.9. The average molecular weight is 897 g/mol. The number of rotatable bonds is 11. The van der Waals surface area contributed by atoms with Crippen LogP contribution in [0.1, 0.15) is 103 Å². The first kappa shape index (κ1) is 50.7. The Hall–Kier alpha value is -4.32. The number of halogens is 1. The van der Waals surface area contributed by atoms with Gasteiger partial charge in [-0.2, -0.15) is 0 Å². The lowest BCUT2D eigenvalue weighted by atomic mass is 9.80. The number of hydrogen-bond donors (Lipinski definition) is 2. The van der Waals surface area contributed by atoms with E-state index in [4.69, 9.17) is 26.4 Å². The third-order valence-corrected chi connectivity index (χ3v) is 15.6. The molecule has 2 N–H and O–H groups in total. The van der Waals surface area contributed by atoms with Gasteiger partial charge >= 0.3 is 7.12 Å². The topological polar surface area (TPSA) is 75.5 Å². The molecule has 338 valence electrons. The van der Waals surface area contributed by atoms with Gasteiger partial charge in [0.05, 0.1) is 18.5 Å². The van der Waals surface area contributed by atoms with Crippen LogP contribution in [0.2, 0.25) is 11.3 Å². The van der Waals surface area contributed by atoms with Crippen molar-refractivity contribution in [2.75, 3.05) is 7.11 Å². The highest BCUT2D eigenvalue weighted by Crippen LogP contribution is 2.56. The SMILES string of the molecule is CC(C)CB(O)O.CC(C)Cc1ccnc(-c2ccccc2)c1.COc1cccc(C)c1-c1ccccc1P(C1CCCCC1)C1CCCCC1.Clc1ccnc(-c2ccccc2)c1. The molecular weight excluding hydrogens is 826 g/mol. The third-order valence-electron chi connectivity index (χ3n) is 11.9. The summed E-state index contributed by atoms with van der Waals surface area (Å²) in [5, 5.41) is 18.9. The Morgan fingerprint density at radius 2 is 1.17 bits per heavy atom. The van der Waals surface area contributed by atoms with Crippen molar-refractivity contribution >= 4 is 31.9 Å². The van der Waals surface area contributed by atoms with Crippen LogP contribution in [0.5, 0.6) is 5.75 Å². The summed E-state index contributed by atoms with van der Waals surface area (Å²) in [4.78, 5) is 8.64. The van der Waals surface area contributed by atoms with Gasteiger partial charge in [0.1, 0.15) is 5.75 Å². The van der Waals surface area contributed by atoms with E-state index in [0.29, 0.717) is 23.2 Å². The van der Waals surface area contributed by atoms with Crippen molar-refractivity contribution in [2.45, 2.75) is 123 Å². The second kappa shape index (κ2) is 27.2. The lowest BCUT2D eigenvalue weighted by Gasteiger charge is -2.39. The third kappa shape index (κ3) is 16.3. The highest BCUT2D eigenvalue weighted by Gasteiger charge is 2.34. The van der Waals surface area contributed by atoms with Crippen LogP contribution in [0.25, 0.3) is 33.6 Å². The summed E-state index contributed by atoms with van der Waals surface area (Å²) in [6.45, 7) is 10.6. The molecule has 2 aliphatic carbocycles. The molecule has 64 heavy (non-hydrogen) atoms. The van der Waals surface area contributed by atoms with Gasteiger partial charge in [0, 0.05) is 34.1 Å². The van der Waals surface area contributed by atoms with E-state index in [1.54, 1.807) is 17.6 Å². The van der Waals surface area contributed by atoms with Gasteiger partial charge in [-0.3, -0.25) is 9.97 Å². The van der Waals surface area contributed by atoms with Crippen LogP contribution in [0.15, 0.2) is 140 Å². The number of ether oxygens (including phenoxy) is 1. The second-order valence-electron chi connectivity index (χ2n) is 18.0. The molecule has 0 aliphatic heterocycles. The fourth-order valence-electron chi connectivity index (χ4n) is 8.91. The zero-order valence-corrected chi connectivity index (χ0v) is 40.8. The fourth-order valence-corrected chi connectivity index (χ4v) is 13.0. The maximum Gasteiger partial charge on any atom is 0.451 e. The summed E-state index contributed by atoms with van der Waals surface area (Å²) in [6.07, 6.45) is 19.6. The summed E-state index contributed by atoms with van der Waals surface area (Å²) in [7, 11) is 0.565. The van der Waals surface area contributed by atoms with Gasteiger partial charge < -0.3 is 14.8 Å². The lowest BCUT2D eigenvalue weighted by Crippen LogP contribution is -2.27. The summed E-state index contributed by atoms with van der Waals surface area (Å²) in [5.74, 6) is 2.08. The van der Waals surface area contributed by atoms with Crippen LogP contribution in [-0.2, 0) is 6.42 Å². The minimum absolute atomic E-state index is 0.122. The molecule has 6 aromatic rings. The molecule has 0 atom stereocenters. The summed E-state index contributed by atoms with van der Waals surface area (Å²) in [6, 6.07) is 44.0. The molecule has 0 saturated heterocycles.